The van der Waals surface area contributed by atoms with E-state index in [-0.39, 0.29) is 29.8 Å². The Morgan fingerprint density at radius 2 is 2.12 bits per heavy atom. The quantitative estimate of drug-likeness (QED) is 0.845. The average molecular weight is 356 g/mol. The minimum atomic E-state index is -0.124. The van der Waals surface area contributed by atoms with E-state index in [0.717, 1.165) is 12.1 Å². The van der Waals surface area contributed by atoms with Crippen LogP contribution in [0.5, 0.6) is 0 Å². The van der Waals surface area contributed by atoms with E-state index < -0.39 is 0 Å². The lowest BCUT2D eigenvalue weighted by Crippen LogP contribution is -2.48. The van der Waals surface area contributed by atoms with Crippen molar-refractivity contribution < 1.29 is 14.3 Å². The molecule has 1 amide bonds. The molecule has 26 heavy (non-hydrogen) atoms. The molecule has 1 saturated heterocycles. The molecule has 2 saturated carbocycles. The Balaban J connectivity index is 1.52. The van der Waals surface area contributed by atoms with E-state index in [2.05, 4.69) is 10.3 Å². The summed E-state index contributed by atoms with van der Waals surface area (Å²) in [5, 5.41) is 3.11. The fourth-order valence-corrected chi connectivity index (χ4v) is 5.70. The van der Waals surface area contributed by atoms with E-state index in [4.69, 9.17) is 4.74 Å². The van der Waals surface area contributed by atoms with Gasteiger partial charge in [0.1, 0.15) is 11.8 Å². The van der Waals surface area contributed by atoms with Gasteiger partial charge in [0.15, 0.2) is 0 Å². The van der Waals surface area contributed by atoms with Crippen LogP contribution in [0.2, 0.25) is 0 Å². The number of nitrogens with zero attached hydrogens (tertiary/aromatic N) is 1. The summed E-state index contributed by atoms with van der Waals surface area (Å²) in [6.45, 7) is 4.51. The van der Waals surface area contributed by atoms with Crippen LogP contribution in [0.1, 0.15) is 55.2 Å². The molecule has 3 fully saturated rings. The molecule has 5 unspecified atom stereocenters. The van der Waals surface area contributed by atoms with Crippen molar-refractivity contribution in [2.45, 2.75) is 52.1 Å². The van der Waals surface area contributed by atoms with Crippen molar-refractivity contribution >= 4 is 11.9 Å². The van der Waals surface area contributed by atoms with Crippen molar-refractivity contribution in [2.24, 2.45) is 29.6 Å². The number of ether oxygens (including phenoxy) is 1. The second kappa shape index (κ2) is 7.01. The molecule has 2 heterocycles. The fraction of sp³-hybridized carbons (Fsp3) is 0.667. The van der Waals surface area contributed by atoms with Gasteiger partial charge >= 0.3 is 5.97 Å². The largest absolute Gasteiger partial charge is 0.462 e. The highest BCUT2D eigenvalue weighted by Gasteiger charge is 2.54. The average Bonchev–Trinajstić information content (AvgIpc) is 2.92. The van der Waals surface area contributed by atoms with Crippen molar-refractivity contribution in [2.75, 3.05) is 6.54 Å². The fourth-order valence-electron chi connectivity index (χ4n) is 5.70. The van der Waals surface area contributed by atoms with Gasteiger partial charge in [0.2, 0.25) is 0 Å². The highest BCUT2D eigenvalue weighted by atomic mass is 16.6. The van der Waals surface area contributed by atoms with Crippen LogP contribution >= 0.6 is 0 Å². The summed E-state index contributed by atoms with van der Waals surface area (Å²) < 4.78 is 5.59. The summed E-state index contributed by atoms with van der Waals surface area (Å²) in [5.41, 5.74) is 1.30. The SMILES string of the molecule is Cc1cccc(C(=O)NC[C@@H]2C3CCCCC3CC3C(=O)OC(C)C32)n1. The van der Waals surface area contributed by atoms with Crippen LogP contribution in [0.3, 0.4) is 0 Å². The number of carbonyl (C=O) groups is 2. The van der Waals surface area contributed by atoms with Crippen LogP contribution in [0, 0.1) is 36.5 Å². The van der Waals surface area contributed by atoms with Crippen LogP contribution < -0.4 is 5.32 Å². The minimum absolute atomic E-state index is 0.0170. The Morgan fingerprint density at radius 1 is 1.31 bits per heavy atom. The number of pyridine rings is 1. The number of amides is 1. The van der Waals surface area contributed by atoms with Crippen molar-refractivity contribution in [3.8, 4) is 0 Å². The number of hydrogen-bond acceptors (Lipinski definition) is 4. The number of carbonyl (C=O) groups excluding carboxylic acids is 2. The van der Waals surface area contributed by atoms with Gasteiger partial charge in [-0.2, -0.15) is 0 Å². The minimum Gasteiger partial charge on any atom is -0.462 e. The molecule has 3 aliphatic rings. The molecule has 0 radical (unpaired) electrons. The first kappa shape index (κ1) is 17.5. The first-order valence-electron chi connectivity index (χ1n) is 9.97. The zero-order chi connectivity index (χ0) is 18.3. The van der Waals surface area contributed by atoms with E-state index in [1.807, 2.05) is 26.0 Å². The molecule has 2 aliphatic carbocycles. The van der Waals surface area contributed by atoms with Gasteiger partial charge in [-0.1, -0.05) is 25.3 Å². The Labute approximate surface area is 154 Å². The summed E-state index contributed by atoms with van der Waals surface area (Å²) in [4.78, 5) is 29.2. The van der Waals surface area contributed by atoms with E-state index in [9.17, 15) is 9.59 Å². The number of aromatic nitrogens is 1. The second-order valence-corrected chi connectivity index (χ2v) is 8.31. The highest BCUT2D eigenvalue weighted by molar-refractivity contribution is 5.92. The van der Waals surface area contributed by atoms with Gasteiger partial charge in [-0.05, 0) is 56.6 Å². The molecule has 140 valence electrons. The van der Waals surface area contributed by atoms with Crippen molar-refractivity contribution in [1.29, 1.82) is 0 Å². The lowest BCUT2D eigenvalue weighted by Gasteiger charge is -2.46. The molecular formula is C21H28N2O3. The number of esters is 1. The second-order valence-electron chi connectivity index (χ2n) is 8.31. The van der Waals surface area contributed by atoms with Gasteiger partial charge in [-0.3, -0.25) is 9.59 Å². The molecule has 6 atom stereocenters. The third kappa shape index (κ3) is 3.12. The number of aryl methyl sites for hydroxylation is 1. The van der Waals surface area contributed by atoms with Gasteiger partial charge in [0.25, 0.3) is 5.91 Å². The number of hydrogen-bond donors (Lipinski definition) is 1. The van der Waals surface area contributed by atoms with E-state index in [0.29, 0.717) is 30.0 Å². The topological polar surface area (TPSA) is 68.3 Å². The molecule has 0 spiro atoms. The first-order chi connectivity index (χ1) is 12.5. The molecule has 0 aromatic carbocycles. The summed E-state index contributed by atoms with van der Waals surface area (Å²) in [7, 11) is 0. The number of fused-ring (bicyclic) bond motifs is 2. The molecule has 1 aromatic heterocycles. The van der Waals surface area contributed by atoms with E-state index in [1.165, 1.54) is 25.7 Å². The zero-order valence-electron chi connectivity index (χ0n) is 15.6. The first-order valence-corrected chi connectivity index (χ1v) is 9.97. The standard InChI is InChI=1S/C21H28N2O3/c1-12-6-5-9-18(23-12)20(24)22-11-17-15-8-4-3-7-14(15)10-16-19(17)13(2)26-21(16)25/h5-6,9,13-17,19H,3-4,7-8,10-11H2,1-2H3,(H,22,24)/t13?,14?,15?,16?,17-,19?/m1/s1. The Bertz CT molecular complexity index is 704. The monoisotopic (exact) mass is 356 g/mol. The van der Waals surface area contributed by atoms with Gasteiger partial charge < -0.3 is 10.1 Å². The number of rotatable bonds is 3. The molecule has 5 nitrogen and oxygen atoms in total. The summed E-state index contributed by atoms with van der Waals surface area (Å²) >= 11 is 0. The molecule has 0 bridgehead atoms. The maximum atomic E-state index is 12.6. The molecule has 1 N–H and O–H groups in total. The van der Waals surface area contributed by atoms with E-state index >= 15 is 0 Å². The third-order valence-electron chi connectivity index (χ3n) is 6.80. The lowest BCUT2D eigenvalue weighted by molar-refractivity contribution is -0.144. The van der Waals surface area contributed by atoms with Crippen LogP contribution in [-0.4, -0.2) is 29.5 Å². The smallest absolute Gasteiger partial charge is 0.309 e. The predicted molar refractivity (Wildman–Crippen MR) is 97.4 cm³/mol. The molecule has 5 heteroatoms. The Morgan fingerprint density at radius 3 is 2.92 bits per heavy atom. The Kier molecular flexibility index (Phi) is 4.72. The van der Waals surface area contributed by atoms with Crippen molar-refractivity contribution in [3.63, 3.8) is 0 Å². The predicted octanol–water partition coefficient (Wildman–Crippen LogP) is 3.12. The maximum absolute atomic E-state index is 12.6. The molecule has 1 aliphatic heterocycles. The maximum Gasteiger partial charge on any atom is 0.309 e. The summed E-state index contributed by atoms with van der Waals surface area (Å²) in [6.07, 6.45) is 5.86. The van der Waals surface area contributed by atoms with Crippen molar-refractivity contribution in [1.82, 2.24) is 10.3 Å². The van der Waals surface area contributed by atoms with Crippen molar-refractivity contribution in [3.05, 3.63) is 29.6 Å². The van der Waals surface area contributed by atoms with Gasteiger partial charge in [0.05, 0.1) is 5.92 Å². The number of nitrogens with one attached hydrogen (secondary N) is 1. The third-order valence-corrected chi connectivity index (χ3v) is 6.80. The van der Waals surface area contributed by atoms with Crippen LogP contribution in [0.4, 0.5) is 0 Å². The normalized spacial score (nSPS) is 36.0. The van der Waals surface area contributed by atoms with Crippen LogP contribution in [0.25, 0.3) is 0 Å². The Hall–Kier alpha value is -1.91. The zero-order valence-corrected chi connectivity index (χ0v) is 15.6. The van der Waals surface area contributed by atoms with Gasteiger partial charge in [0, 0.05) is 18.2 Å². The van der Waals surface area contributed by atoms with Gasteiger partial charge in [-0.25, -0.2) is 4.98 Å². The summed E-state index contributed by atoms with van der Waals surface area (Å²) in [6, 6.07) is 5.50. The summed E-state index contributed by atoms with van der Waals surface area (Å²) in [5.74, 6) is 1.60. The van der Waals surface area contributed by atoms with Crippen LogP contribution in [-0.2, 0) is 9.53 Å². The number of cyclic esters (lactones) is 1. The highest BCUT2D eigenvalue weighted by Crippen LogP contribution is 2.52. The molecule has 4 rings (SSSR count). The molecular weight excluding hydrogens is 328 g/mol. The van der Waals surface area contributed by atoms with Gasteiger partial charge in [-0.15, -0.1) is 0 Å². The van der Waals surface area contributed by atoms with Crippen LogP contribution in [0.15, 0.2) is 18.2 Å². The lowest BCUT2D eigenvalue weighted by atomic mass is 9.57. The van der Waals surface area contributed by atoms with E-state index in [1.54, 1.807) is 6.07 Å². The molecule has 1 aromatic rings.